The van der Waals surface area contributed by atoms with Gasteiger partial charge in [-0.2, -0.15) is 13.2 Å². The highest BCUT2D eigenvalue weighted by atomic mass is 19.4. The molecule has 118 valence electrons. The fourth-order valence-corrected chi connectivity index (χ4v) is 3.07. The molecular weight excluding hydrogens is 292 g/mol. The molecule has 0 saturated heterocycles. The van der Waals surface area contributed by atoms with E-state index >= 15 is 0 Å². The lowest BCUT2D eigenvalue weighted by Crippen LogP contribution is -2.56. The van der Waals surface area contributed by atoms with Gasteiger partial charge in [-0.1, -0.05) is 19.9 Å². The van der Waals surface area contributed by atoms with E-state index in [1.54, 1.807) is 0 Å². The van der Waals surface area contributed by atoms with Crippen LogP contribution in [-0.4, -0.2) is 29.1 Å². The lowest BCUT2D eigenvalue weighted by Gasteiger charge is -2.46. The average Bonchev–Trinajstić information content (AvgIpc) is 2.34. The van der Waals surface area contributed by atoms with Gasteiger partial charge in [0.25, 0.3) is 0 Å². The third kappa shape index (κ3) is 2.19. The van der Waals surface area contributed by atoms with Crippen molar-refractivity contribution >= 4 is 0 Å². The number of benzene rings is 1. The van der Waals surface area contributed by atoms with Crippen LogP contribution >= 0.6 is 0 Å². The van der Waals surface area contributed by atoms with Crippen LogP contribution in [0.4, 0.5) is 17.6 Å². The van der Waals surface area contributed by atoms with Crippen molar-refractivity contribution in [3.8, 4) is 5.75 Å². The second kappa shape index (κ2) is 4.58. The molecule has 0 saturated carbocycles. The maximum Gasteiger partial charge on any atom is 0.420 e. The molecule has 7 heteroatoms. The first-order chi connectivity index (χ1) is 9.45. The summed E-state index contributed by atoms with van der Waals surface area (Å²) >= 11 is 0. The second-order valence-corrected chi connectivity index (χ2v) is 5.93. The zero-order valence-corrected chi connectivity index (χ0v) is 11.8. The van der Waals surface area contributed by atoms with E-state index in [1.165, 1.54) is 21.0 Å². The lowest BCUT2D eigenvalue weighted by molar-refractivity contribution is -0.302. The van der Waals surface area contributed by atoms with Gasteiger partial charge in [-0.3, -0.25) is 0 Å². The van der Waals surface area contributed by atoms with Crippen molar-refractivity contribution in [3.63, 3.8) is 0 Å². The Balaban J connectivity index is 2.74. The first-order valence-electron chi connectivity index (χ1n) is 6.30. The maximum absolute atomic E-state index is 13.8. The van der Waals surface area contributed by atoms with Crippen LogP contribution in [0, 0.1) is 5.82 Å². The van der Waals surface area contributed by atoms with Crippen LogP contribution in [0.25, 0.3) is 0 Å². The smallest absolute Gasteiger partial charge is 0.420 e. The number of alkyl halides is 3. The summed E-state index contributed by atoms with van der Waals surface area (Å²) in [7, 11) is 1.20. The van der Waals surface area contributed by atoms with Gasteiger partial charge in [0.15, 0.2) is 17.2 Å². The quantitative estimate of drug-likeness (QED) is 0.784. The van der Waals surface area contributed by atoms with Gasteiger partial charge in [-0.05, 0) is 23.5 Å². The Morgan fingerprint density at radius 2 is 1.86 bits per heavy atom. The molecule has 2 atom stereocenters. The van der Waals surface area contributed by atoms with Gasteiger partial charge in [0.05, 0.1) is 7.11 Å². The molecule has 0 aromatic heterocycles. The summed E-state index contributed by atoms with van der Waals surface area (Å²) in [4.78, 5) is 0. The first kappa shape index (κ1) is 16.0. The van der Waals surface area contributed by atoms with E-state index in [4.69, 9.17) is 4.74 Å². The standard InChI is InChI=1S/C14H16F4O3/c1-12(2)6-13(20,14(16,17)18)11(19)7-4-5-8(15)10(21-3)9(7)12/h4-5,11,19-20H,6H2,1-3H3. The van der Waals surface area contributed by atoms with E-state index in [9.17, 15) is 27.8 Å². The van der Waals surface area contributed by atoms with E-state index < -0.39 is 35.5 Å². The highest BCUT2D eigenvalue weighted by Crippen LogP contribution is 2.55. The Kier molecular flexibility index (Phi) is 3.50. The van der Waals surface area contributed by atoms with Crippen molar-refractivity contribution in [1.29, 1.82) is 0 Å². The summed E-state index contributed by atoms with van der Waals surface area (Å²) < 4.78 is 58.2. The van der Waals surface area contributed by atoms with Gasteiger partial charge in [0.2, 0.25) is 0 Å². The Morgan fingerprint density at radius 3 is 2.33 bits per heavy atom. The third-order valence-electron chi connectivity index (χ3n) is 3.97. The zero-order valence-electron chi connectivity index (χ0n) is 11.8. The van der Waals surface area contributed by atoms with Crippen LogP contribution in [0.5, 0.6) is 5.75 Å². The molecule has 0 amide bonds. The number of methoxy groups -OCH3 is 1. The van der Waals surface area contributed by atoms with Crippen LogP contribution < -0.4 is 4.74 Å². The van der Waals surface area contributed by atoms with Gasteiger partial charge in [-0.25, -0.2) is 4.39 Å². The monoisotopic (exact) mass is 308 g/mol. The normalized spacial score (nSPS) is 28.1. The Hall–Kier alpha value is -1.34. The molecule has 0 spiro atoms. The SMILES string of the molecule is COc1c(F)ccc2c1C(C)(C)CC(O)(C(F)(F)F)C2O. The average molecular weight is 308 g/mol. The summed E-state index contributed by atoms with van der Waals surface area (Å²) in [6, 6.07) is 1.97. The molecule has 1 aliphatic carbocycles. The minimum absolute atomic E-state index is 0.145. The molecule has 3 nitrogen and oxygen atoms in total. The summed E-state index contributed by atoms with van der Waals surface area (Å²) in [5, 5.41) is 20.0. The van der Waals surface area contributed by atoms with Gasteiger partial charge in [0.1, 0.15) is 6.10 Å². The number of ether oxygens (including phenoxy) is 1. The molecule has 0 aliphatic heterocycles. The summed E-state index contributed by atoms with van der Waals surface area (Å²) in [6.07, 6.45) is -8.00. The molecule has 2 rings (SSSR count). The number of aliphatic hydroxyl groups excluding tert-OH is 1. The minimum Gasteiger partial charge on any atom is -0.493 e. The van der Waals surface area contributed by atoms with Crippen molar-refractivity contribution in [2.75, 3.05) is 7.11 Å². The second-order valence-electron chi connectivity index (χ2n) is 5.93. The van der Waals surface area contributed by atoms with Gasteiger partial charge >= 0.3 is 6.18 Å². The molecule has 21 heavy (non-hydrogen) atoms. The Labute approximate surface area is 119 Å². The molecular formula is C14H16F4O3. The first-order valence-corrected chi connectivity index (χ1v) is 6.30. The molecule has 0 radical (unpaired) electrons. The van der Waals surface area contributed by atoms with Gasteiger partial charge in [0, 0.05) is 5.56 Å². The molecule has 1 aliphatic rings. The number of halogens is 4. The van der Waals surface area contributed by atoms with E-state index in [-0.39, 0.29) is 16.9 Å². The molecule has 2 unspecified atom stereocenters. The number of rotatable bonds is 1. The van der Waals surface area contributed by atoms with Crippen LogP contribution in [0.2, 0.25) is 0 Å². The van der Waals surface area contributed by atoms with Crippen LogP contribution in [0.15, 0.2) is 12.1 Å². The largest absolute Gasteiger partial charge is 0.493 e. The number of aliphatic hydroxyl groups is 2. The zero-order chi connectivity index (χ0) is 16.2. The maximum atomic E-state index is 13.8. The van der Waals surface area contributed by atoms with Crippen molar-refractivity contribution in [2.45, 2.75) is 43.6 Å². The molecule has 0 heterocycles. The third-order valence-corrected chi connectivity index (χ3v) is 3.97. The fraction of sp³-hybridized carbons (Fsp3) is 0.571. The van der Waals surface area contributed by atoms with Crippen molar-refractivity contribution in [3.05, 3.63) is 29.1 Å². The summed E-state index contributed by atoms with van der Waals surface area (Å²) in [5.41, 5.74) is -4.55. The number of hydrogen-bond acceptors (Lipinski definition) is 3. The lowest BCUT2D eigenvalue weighted by atomic mass is 9.64. The van der Waals surface area contributed by atoms with Crippen LogP contribution in [0.1, 0.15) is 37.5 Å². The predicted octanol–water partition coefficient (Wildman–Crippen LogP) is 2.84. The van der Waals surface area contributed by atoms with Crippen molar-refractivity contribution in [2.24, 2.45) is 0 Å². The predicted molar refractivity (Wildman–Crippen MR) is 66.6 cm³/mol. The summed E-state index contributed by atoms with van der Waals surface area (Å²) in [5.74, 6) is -0.935. The Morgan fingerprint density at radius 1 is 1.29 bits per heavy atom. The van der Waals surface area contributed by atoms with E-state index in [0.717, 1.165) is 12.1 Å². The fourth-order valence-electron chi connectivity index (χ4n) is 3.07. The molecule has 0 bridgehead atoms. The molecule has 2 N–H and O–H groups in total. The van der Waals surface area contributed by atoms with E-state index in [1.807, 2.05) is 0 Å². The van der Waals surface area contributed by atoms with Gasteiger partial charge < -0.3 is 14.9 Å². The molecule has 1 aromatic carbocycles. The highest BCUT2D eigenvalue weighted by Gasteiger charge is 2.64. The van der Waals surface area contributed by atoms with Gasteiger partial charge in [-0.15, -0.1) is 0 Å². The van der Waals surface area contributed by atoms with Crippen LogP contribution in [-0.2, 0) is 5.41 Å². The van der Waals surface area contributed by atoms with E-state index in [2.05, 4.69) is 0 Å². The molecule has 0 fully saturated rings. The minimum atomic E-state index is -5.01. The topological polar surface area (TPSA) is 49.7 Å². The number of hydrogen-bond donors (Lipinski definition) is 2. The van der Waals surface area contributed by atoms with E-state index in [0.29, 0.717) is 0 Å². The highest BCUT2D eigenvalue weighted by molar-refractivity contribution is 5.50. The van der Waals surface area contributed by atoms with Crippen LogP contribution in [0.3, 0.4) is 0 Å². The molecule has 1 aromatic rings. The Bertz CT molecular complexity index is 568. The van der Waals surface area contributed by atoms with Crippen molar-refractivity contribution in [1.82, 2.24) is 0 Å². The summed E-state index contributed by atoms with van der Waals surface area (Å²) in [6.45, 7) is 2.88. The van der Waals surface area contributed by atoms with Crippen molar-refractivity contribution < 1.29 is 32.5 Å². The number of fused-ring (bicyclic) bond motifs is 1.